The molecule has 2 aromatic rings. The molecule has 6 nitrogen and oxygen atoms in total. The van der Waals surface area contributed by atoms with Gasteiger partial charge in [-0.1, -0.05) is 71.6 Å². The van der Waals surface area contributed by atoms with E-state index < -0.39 is 0 Å². The first kappa shape index (κ1) is 29.1. The standard InChI is InChI=1S/C30H49NO5/c1-5-9-17-32-22-26-28(33-18-10-6-2)30(35-20-12-8-4)29(34-19-11-7-3)27(36-26)24-21-31-25-16-14-13-15-23(24)25/h13-16,21,26-31H,5-12,17-20,22H2,1-4H3/t26-,27+,28-,29+,30+/m1/s1. The van der Waals surface area contributed by atoms with Crippen LogP contribution in [0.25, 0.3) is 10.9 Å². The van der Waals surface area contributed by atoms with Crippen LogP contribution in [0.15, 0.2) is 30.5 Å². The molecule has 0 radical (unpaired) electrons. The minimum atomic E-state index is -0.268. The van der Waals surface area contributed by atoms with Crippen LogP contribution in [0.3, 0.4) is 0 Å². The van der Waals surface area contributed by atoms with Crippen LogP contribution in [0.2, 0.25) is 0 Å². The summed E-state index contributed by atoms with van der Waals surface area (Å²) in [5, 5.41) is 1.16. The first-order chi connectivity index (χ1) is 17.7. The first-order valence-corrected chi connectivity index (χ1v) is 14.4. The van der Waals surface area contributed by atoms with Crippen molar-refractivity contribution in [3.63, 3.8) is 0 Å². The number of nitrogens with one attached hydrogen (secondary N) is 1. The summed E-state index contributed by atoms with van der Waals surface area (Å²) in [5.41, 5.74) is 2.21. The van der Waals surface area contributed by atoms with E-state index in [0.29, 0.717) is 26.4 Å². The summed E-state index contributed by atoms with van der Waals surface area (Å²) in [6, 6.07) is 8.38. The van der Waals surface area contributed by atoms with Gasteiger partial charge in [-0.2, -0.15) is 0 Å². The summed E-state index contributed by atoms with van der Waals surface area (Å²) >= 11 is 0. The fourth-order valence-electron chi connectivity index (χ4n) is 4.74. The van der Waals surface area contributed by atoms with Gasteiger partial charge in [-0.3, -0.25) is 0 Å². The summed E-state index contributed by atoms with van der Waals surface area (Å²) in [4.78, 5) is 3.43. The number of fused-ring (bicyclic) bond motifs is 1. The minimum Gasteiger partial charge on any atom is -0.379 e. The number of H-pyrrole nitrogens is 1. The van der Waals surface area contributed by atoms with Crippen molar-refractivity contribution in [1.82, 2.24) is 4.98 Å². The monoisotopic (exact) mass is 503 g/mol. The maximum atomic E-state index is 6.87. The molecule has 1 aliphatic rings. The summed E-state index contributed by atoms with van der Waals surface area (Å²) in [7, 11) is 0. The number of rotatable bonds is 18. The molecule has 0 amide bonds. The summed E-state index contributed by atoms with van der Waals surface area (Å²) in [6.07, 6.45) is 9.28. The predicted molar refractivity (Wildman–Crippen MR) is 146 cm³/mol. The average Bonchev–Trinajstić information content (AvgIpc) is 3.32. The molecule has 1 N–H and O–H groups in total. The second-order valence-corrected chi connectivity index (χ2v) is 9.88. The molecule has 1 aromatic heterocycles. The normalized spacial score (nSPS) is 24.5. The Hall–Kier alpha value is -1.44. The molecule has 0 bridgehead atoms. The molecule has 36 heavy (non-hydrogen) atoms. The number of hydrogen-bond acceptors (Lipinski definition) is 5. The lowest BCUT2D eigenvalue weighted by Crippen LogP contribution is -2.58. The van der Waals surface area contributed by atoms with E-state index in [4.69, 9.17) is 23.7 Å². The van der Waals surface area contributed by atoms with Crippen LogP contribution in [0, 0.1) is 0 Å². The third-order valence-corrected chi connectivity index (χ3v) is 6.91. The highest BCUT2D eigenvalue weighted by atomic mass is 16.6. The van der Waals surface area contributed by atoms with E-state index in [1.807, 2.05) is 0 Å². The van der Waals surface area contributed by atoms with Crippen LogP contribution < -0.4 is 0 Å². The molecule has 0 unspecified atom stereocenters. The predicted octanol–water partition coefficient (Wildman–Crippen LogP) is 6.98. The zero-order chi connectivity index (χ0) is 25.6. The van der Waals surface area contributed by atoms with Gasteiger partial charge < -0.3 is 28.7 Å². The van der Waals surface area contributed by atoms with Crippen LogP contribution in [-0.2, 0) is 23.7 Å². The van der Waals surface area contributed by atoms with E-state index in [9.17, 15) is 0 Å². The highest BCUT2D eigenvalue weighted by Gasteiger charge is 2.49. The zero-order valence-corrected chi connectivity index (χ0v) is 23.0. The number of hydrogen-bond donors (Lipinski definition) is 1. The number of aromatic nitrogens is 1. The fourth-order valence-corrected chi connectivity index (χ4v) is 4.74. The average molecular weight is 504 g/mol. The Balaban J connectivity index is 1.95. The van der Waals surface area contributed by atoms with E-state index in [0.717, 1.165) is 74.4 Å². The van der Waals surface area contributed by atoms with Gasteiger partial charge in [0.2, 0.25) is 0 Å². The third-order valence-electron chi connectivity index (χ3n) is 6.91. The van der Waals surface area contributed by atoms with Crippen LogP contribution in [0.5, 0.6) is 0 Å². The molecule has 1 aromatic carbocycles. The Morgan fingerprint density at radius 1 is 0.722 bits per heavy atom. The van der Waals surface area contributed by atoms with E-state index in [1.165, 1.54) is 0 Å². The highest BCUT2D eigenvalue weighted by Crippen LogP contribution is 2.40. The molecule has 1 aliphatic heterocycles. The van der Waals surface area contributed by atoms with Crippen molar-refractivity contribution in [2.75, 3.05) is 33.0 Å². The molecule has 2 heterocycles. The Kier molecular flexibility index (Phi) is 13.3. The van der Waals surface area contributed by atoms with Crippen molar-refractivity contribution in [3.8, 4) is 0 Å². The Labute approximate surface area is 218 Å². The molecule has 5 atom stereocenters. The summed E-state index contributed by atoms with van der Waals surface area (Å²) in [6.45, 7) is 12.0. The second-order valence-electron chi connectivity index (χ2n) is 9.88. The van der Waals surface area contributed by atoms with Gasteiger partial charge in [-0.25, -0.2) is 0 Å². The van der Waals surface area contributed by atoms with Crippen molar-refractivity contribution in [2.24, 2.45) is 0 Å². The smallest absolute Gasteiger partial charge is 0.117 e. The van der Waals surface area contributed by atoms with Gasteiger partial charge in [0.1, 0.15) is 30.5 Å². The van der Waals surface area contributed by atoms with E-state index in [1.54, 1.807) is 0 Å². The van der Waals surface area contributed by atoms with Crippen LogP contribution in [0.1, 0.15) is 90.7 Å². The molecule has 0 aliphatic carbocycles. The van der Waals surface area contributed by atoms with Crippen molar-refractivity contribution >= 4 is 10.9 Å². The third kappa shape index (κ3) is 8.03. The summed E-state index contributed by atoms with van der Waals surface area (Å²) < 4.78 is 32.7. The quantitative estimate of drug-likeness (QED) is 0.222. The van der Waals surface area contributed by atoms with Crippen molar-refractivity contribution in [2.45, 2.75) is 110 Å². The molecular formula is C30H49NO5. The fraction of sp³-hybridized carbons (Fsp3) is 0.733. The van der Waals surface area contributed by atoms with E-state index in [-0.39, 0.29) is 30.5 Å². The van der Waals surface area contributed by atoms with Gasteiger partial charge in [-0.05, 0) is 31.7 Å². The lowest BCUT2D eigenvalue weighted by atomic mass is 9.90. The zero-order valence-electron chi connectivity index (χ0n) is 23.0. The molecule has 204 valence electrons. The number of unbranched alkanes of at least 4 members (excludes halogenated alkanes) is 4. The molecule has 6 heteroatoms. The van der Waals surface area contributed by atoms with Gasteiger partial charge in [-0.15, -0.1) is 0 Å². The molecular weight excluding hydrogens is 454 g/mol. The van der Waals surface area contributed by atoms with Crippen molar-refractivity contribution in [3.05, 3.63) is 36.0 Å². The molecule has 0 spiro atoms. The molecule has 0 saturated carbocycles. The number of benzene rings is 1. The van der Waals surface area contributed by atoms with Crippen LogP contribution >= 0.6 is 0 Å². The second kappa shape index (κ2) is 16.4. The lowest BCUT2D eigenvalue weighted by molar-refractivity contribution is -0.268. The molecule has 3 rings (SSSR count). The van der Waals surface area contributed by atoms with Crippen LogP contribution in [-0.4, -0.2) is 62.4 Å². The Bertz CT molecular complexity index is 840. The highest BCUT2D eigenvalue weighted by molar-refractivity contribution is 5.83. The maximum Gasteiger partial charge on any atom is 0.117 e. The van der Waals surface area contributed by atoms with E-state index in [2.05, 4.69) is 63.1 Å². The van der Waals surface area contributed by atoms with Gasteiger partial charge in [0.25, 0.3) is 0 Å². The maximum absolute atomic E-state index is 6.87. The minimum absolute atomic E-state index is 0.225. The van der Waals surface area contributed by atoms with Gasteiger partial charge in [0.15, 0.2) is 0 Å². The SMILES string of the molecule is CCCCOC[C@H]1O[C@@H](c2c[nH]c3ccccc23)[C@H](OCCCC)[C@@H](OCCCC)[C@@H]1OCCCC. The van der Waals surface area contributed by atoms with Crippen molar-refractivity contribution < 1.29 is 23.7 Å². The number of aromatic amines is 1. The van der Waals surface area contributed by atoms with Gasteiger partial charge in [0.05, 0.1) is 6.61 Å². The summed E-state index contributed by atoms with van der Waals surface area (Å²) in [5.74, 6) is 0. The van der Waals surface area contributed by atoms with Crippen molar-refractivity contribution in [1.29, 1.82) is 0 Å². The Morgan fingerprint density at radius 3 is 1.97 bits per heavy atom. The van der Waals surface area contributed by atoms with Crippen LogP contribution in [0.4, 0.5) is 0 Å². The number of para-hydroxylation sites is 1. The van der Waals surface area contributed by atoms with Gasteiger partial charge in [0, 0.05) is 49.1 Å². The Morgan fingerprint density at radius 2 is 1.31 bits per heavy atom. The van der Waals surface area contributed by atoms with E-state index >= 15 is 0 Å². The molecule has 1 fully saturated rings. The number of ether oxygens (including phenoxy) is 5. The lowest BCUT2D eigenvalue weighted by Gasteiger charge is -2.46. The van der Waals surface area contributed by atoms with Gasteiger partial charge >= 0.3 is 0 Å². The molecule has 1 saturated heterocycles. The topological polar surface area (TPSA) is 61.9 Å². The first-order valence-electron chi connectivity index (χ1n) is 14.4. The largest absolute Gasteiger partial charge is 0.379 e.